The molecule has 3 nitrogen and oxygen atoms in total. The third-order valence-electron chi connectivity index (χ3n) is 2.03. The Kier molecular flexibility index (Phi) is 5.05. The first-order valence-electron chi connectivity index (χ1n) is 4.99. The Hall–Kier alpha value is -1.29. The fourth-order valence-electron chi connectivity index (χ4n) is 1.28. The van der Waals surface area contributed by atoms with Gasteiger partial charge in [0.15, 0.2) is 11.0 Å². The molecule has 0 amide bonds. The van der Waals surface area contributed by atoms with E-state index in [2.05, 4.69) is 0 Å². The summed E-state index contributed by atoms with van der Waals surface area (Å²) >= 11 is 1.20. The van der Waals surface area contributed by atoms with E-state index in [4.69, 9.17) is 4.74 Å². The number of ketones is 1. The minimum Gasteiger partial charge on any atom is -0.465 e. The Morgan fingerprint density at radius 3 is 2.44 bits per heavy atom. The molecule has 1 atom stereocenters. The van der Waals surface area contributed by atoms with E-state index in [1.807, 2.05) is 6.07 Å². The maximum absolute atomic E-state index is 12.0. The van der Waals surface area contributed by atoms with Gasteiger partial charge in [0.1, 0.15) is 0 Å². The third kappa shape index (κ3) is 3.10. The molecule has 0 saturated carbocycles. The number of thioether (sulfide) groups is 1. The molecule has 0 N–H and O–H groups in total. The van der Waals surface area contributed by atoms with Crippen LogP contribution in [0.25, 0.3) is 0 Å². The number of hydrogen-bond donors (Lipinski definition) is 0. The van der Waals surface area contributed by atoms with Gasteiger partial charge in [-0.1, -0.05) is 30.3 Å². The van der Waals surface area contributed by atoms with Gasteiger partial charge in [0.05, 0.1) is 6.61 Å². The number of esters is 1. The second kappa shape index (κ2) is 6.33. The Bertz CT molecular complexity index is 362. The van der Waals surface area contributed by atoms with Gasteiger partial charge >= 0.3 is 5.97 Å². The van der Waals surface area contributed by atoms with Crippen LogP contribution >= 0.6 is 11.8 Å². The van der Waals surface area contributed by atoms with Crippen LogP contribution in [0.2, 0.25) is 0 Å². The van der Waals surface area contributed by atoms with Crippen LogP contribution in [0.5, 0.6) is 0 Å². The van der Waals surface area contributed by atoms with Crippen LogP contribution in [0, 0.1) is 0 Å². The number of hydrogen-bond acceptors (Lipinski definition) is 4. The van der Waals surface area contributed by atoms with Gasteiger partial charge in [-0.25, -0.2) is 0 Å². The van der Waals surface area contributed by atoms with Crippen molar-refractivity contribution < 1.29 is 14.3 Å². The molecule has 1 aromatic carbocycles. The first-order valence-corrected chi connectivity index (χ1v) is 6.28. The maximum Gasteiger partial charge on any atom is 0.327 e. The molecule has 0 spiro atoms. The summed E-state index contributed by atoms with van der Waals surface area (Å²) in [5.74, 6) is -0.671. The first-order chi connectivity index (χ1) is 7.70. The Morgan fingerprint density at radius 2 is 1.94 bits per heavy atom. The standard InChI is InChI=1S/C12H14O3S/c1-3-15-12(14)11(16-2)10(13)9-7-5-4-6-8-9/h4-8,11H,3H2,1-2H3. The fraction of sp³-hybridized carbons (Fsp3) is 0.333. The van der Waals surface area contributed by atoms with Crippen LogP contribution < -0.4 is 0 Å². The highest BCUT2D eigenvalue weighted by Crippen LogP contribution is 2.15. The number of ether oxygens (including phenoxy) is 1. The predicted octanol–water partition coefficient (Wildman–Crippen LogP) is 2.16. The zero-order valence-electron chi connectivity index (χ0n) is 9.30. The average Bonchev–Trinajstić information content (AvgIpc) is 2.31. The van der Waals surface area contributed by atoms with Gasteiger partial charge in [-0.2, -0.15) is 0 Å². The van der Waals surface area contributed by atoms with Crippen LogP contribution in [0.15, 0.2) is 30.3 Å². The Balaban J connectivity index is 2.82. The molecule has 0 saturated heterocycles. The molecule has 0 aromatic heterocycles. The zero-order valence-corrected chi connectivity index (χ0v) is 10.1. The van der Waals surface area contributed by atoms with Crippen LogP contribution in [-0.2, 0) is 9.53 Å². The fourth-order valence-corrected chi connectivity index (χ4v) is 1.89. The normalized spacial score (nSPS) is 11.9. The summed E-state index contributed by atoms with van der Waals surface area (Å²) in [4.78, 5) is 23.5. The Labute approximate surface area is 99.2 Å². The summed E-state index contributed by atoms with van der Waals surface area (Å²) in [5.41, 5.74) is 0.537. The minimum absolute atomic E-state index is 0.202. The van der Waals surface area contributed by atoms with Gasteiger partial charge in [0.2, 0.25) is 0 Å². The van der Waals surface area contributed by atoms with Crippen LogP contribution in [-0.4, -0.2) is 29.9 Å². The number of rotatable bonds is 5. The zero-order chi connectivity index (χ0) is 12.0. The summed E-state index contributed by atoms with van der Waals surface area (Å²) in [6.45, 7) is 2.01. The van der Waals surface area contributed by atoms with Crippen molar-refractivity contribution in [2.45, 2.75) is 12.2 Å². The topological polar surface area (TPSA) is 43.4 Å². The van der Waals surface area contributed by atoms with E-state index in [0.29, 0.717) is 5.56 Å². The summed E-state index contributed by atoms with van der Waals surface area (Å²) in [6, 6.07) is 8.77. The highest BCUT2D eigenvalue weighted by Gasteiger charge is 2.27. The molecule has 0 aliphatic carbocycles. The molecule has 16 heavy (non-hydrogen) atoms. The predicted molar refractivity (Wildman–Crippen MR) is 64.7 cm³/mol. The second-order valence-corrected chi connectivity index (χ2v) is 4.04. The smallest absolute Gasteiger partial charge is 0.327 e. The number of carbonyl (C=O) groups is 2. The molecule has 86 valence electrons. The third-order valence-corrected chi connectivity index (χ3v) is 2.91. The van der Waals surface area contributed by atoms with Crippen molar-refractivity contribution in [1.29, 1.82) is 0 Å². The molecule has 0 aliphatic heterocycles. The first kappa shape index (κ1) is 12.8. The summed E-state index contributed by atoms with van der Waals surface area (Å²) in [5, 5.41) is -0.762. The molecule has 1 aromatic rings. The van der Waals surface area contributed by atoms with Crippen molar-refractivity contribution in [1.82, 2.24) is 0 Å². The molecular weight excluding hydrogens is 224 g/mol. The molecule has 4 heteroatoms. The molecule has 0 aliphatic rings. The highest BCUT2D eigenvalue weighted by molar-refractivity contribution is 8.00. The van der Waals surface area contributed by atoms with Gasteiger partial charge < -0.3 is 4.74 Å². The van der Waals surface area contributed by atoms with E-state index >= 15 is 0 Å². The van der Waals surface area contributed by atoms with Crippen molar-refractivity contribution in [2.75, 3.05) is 12.9 Å². The lowest BCUT2D eigenvalue weighted by atomic mass is 10.1. The number of carbonyl (C=O) groups excluding carboxylic acids is 2. The second-order valence-electron chi connectivity index (χ2n) is 3.10. The molecule has 0 bridgehead atoms. The van der Waals surface area contributed by atoms with Crippen LogP contribution in [0.1, 0.15) is 17.3 Å². The van der Waals surface area contributed by atoms with Crippen LogP contribution in [0.3, 0.4) is 0 Å². The van der Waals surface area contributed by atoms with Crippen LogP contribution in [0.4, 0.5) is 0 Å². The van der Waals surface area contributed by atoms with E-state index in [1.165, 1.54) is 11.8 Å². The quantitative estimate of drug-likeness (QED) is 0.448. The largest absolute Gasteiger partial charge is 0.465 e. The van der Waals surface area contributed by atoms with E-state index in [0.717, 1.165) is 0 Å². The summed E-state index contributed by atoms with van der Waals surface area (Å²) < 4.78 is 4.86. The lowest BCUT2D eigenvalue weighted by Gasteiger charge is -2.11. The van der Waals surface area contributed by atoms with Crippen molar-refractivity contribution in [3.63, 3.8) is 0 Å². The van der Waals surface area contributed by atoms with E-state index in [9.17, 15) is 9.59 Å². The van der Waals surface area contributed by atoms with Gasteiger partial charge in [0, 0.05) is 5.56 Å². The van der Waals surface area contributed by atoms with Gasteiger partial charge in [-0.3, -0.25) is 9.59 Å². The van der Waals surface area contributed by atoms with Gasteiger partial charge in [0.25, 0.3) is 0 Å². The van der Waals surface area contributed by atoms with E-state index < -0.39 is 11.2 Å². The number of benzene rings is 1. The lowest BCUT2D eigenvalue weighted by molar-refractivity contribution is -0.141. The van der Waals surface area contributed by atoms with Crippen molar-refractivity contribution in [2.24, 2.45) is 0 Å². The number of Topliss-reactive ketones (excluding diaryl/α,β-unsaturated/α-hetero) is 1. The molecule has 1 rings (SSSR count). The van der Waals surface area contributed by atoms with Gasteiger partial charge in [-0.15, -0.1) is 11.8 Å². The molecule has 0 fully saturated rings. The summed E-state index contributed by atoms with van der Waals surface area (Å²) in [7, 11) is 0. The summed E-state index contributed by atoms with van der Waals surface area (Å²) in [6.07, 6.45) is 1.72. The minimum atomic E-state index is -0.762. The molecule has 1 unspecified atom stereocenters. The average molecular weight is 238 g/mol. The van der Waals surface area contributed by atoms with Crippen molar-refractivity contribution in [3.8, 4) is 0 Å². The maximum atomic E-state index is 12.0. The van der Waals surface area contributed by atoms with E-state index in [-0.39, 0.29) is 12.4 Å². The SMILES string of the molecule is CCOC(=O)C(SC)C(=O)c1ccccc1. The lowest BCUT2D eigenvalue weighted by Crippen LogP contribution is -2.28. The molecule has 0 radical (unpaired) electrons. The van der Waals surface area contributed by atoms with Gasteiger partial charge in [-0.05, 0) is 13.2 Å². The van der Waals surface area contributed by atoms with Crippen molar-refractivity contribution in [3.05, 3.63) is 35.9 Å². The Morgan fingerprint density at radius 1 is 1.31 bits per heavy atom. The monoisotopic (exact) mass is 238 g/mol. The highest BCUT2D eigenvalue weighted by atomic mass is 32.2. The van der Waals surface area contributed by atoms with Crippen molar-refractivity contribution >= 4 is 23.5 Å². The molecular formula is C12H14O3S. The molecule has 0 heterocycles. The van der Waals surface area contributed by atoms with E-state index in [1.54, 1.807) is 37.4 Å².